The third-order valence-corrected chi connectivity index (χ3v) is 6.42. The third-order valence-electron chi connectivity index (χ3n) is 6.42. The molecule has 0 radical (unpaired) electrons. The number of methoxy groups -OCH3 is 1. The van der Waals surface area contributed by atoms with E-state index in [1.54, 1.807) is 42.5 Å². The first kappa shape index (κ1) is 23.5. The predicted octanol–water partition coefficient (Wildman–Crippen LogP) is 4.63. The van der Waals surface area contributed by atoms with Gasteiger partial charge < -0.3 is 28.6 Å². The number of benzene rings is 2. The fourth-order valence-corrected chi connectivity index (χ4v) is 4.81. The van der Waals surface area contributed by atoms with Crippen LogP contribution in [0, 0.1) is 0 Å². The largest absolute Gasteiger partial charge is 0.507 e. The molecule has 2 aliphatic rings. The first-order valence-electron chi connectivity index (χ1n) is 11.8. The average Bonchev–Trinajstić information content (AvgIpc) is 3.58. The number of Topliss-reactive ketones (excluding diaryl/α,β-unsaturated/α-hetero) is 1. The monoisotopic (exact) mass is 489 g/mol. The molecule has 1 amide bonds. The van der Waals surface area contributed by atoms with Gasteiger partial charge >= 0.3 is 0 Å². The van der Waals surface area contributed by atoms with Gasteiger partial charge in [0.05, 0.1) is 38.1 Å². The normalized spacial score (nSPS) is 20.4. The van der Waals surface area contributed by atoms with Crippen LogP contribution >= 0.6 is 0 Å². The second-order valence-corrected chi connectivity index (χ2v) is 8.80. The molecule has 1 fully saturated rings. The number of ketones is 1. The smallest absolute Gasteiger partial charge is 0.296 e. The van der Waals surface area contributed by atoms with E-state index >= 15 is 0 Å². The van der Waals surface area contributed by atoms with Crippen molar-refractivity contribution in [2.45, 2.75) is 39.0 Å². The van der Waals surface area contributed by atoms with E-state index in [1.807, 2.05) is 19.9 Å². The molecule has 1 saturated heterocycles. The zero-order chi connectivity index (χ0) is 25.4. The molecule has 8 heteroatoms. The van der Waals surface area contributed by atoms with Crippen molar-refractivity contribution in [2.24, 2.45) is 0 Å². The van der Waals surface area contributed by atoms with Crippen LogP contribution < -0.4 is 14.2 Å². The van der Waals surface area contributed by atoms with Gasteiger partial charge in [0.15, 0.2) is 11.5 Å². The average molecular weight is 490 g/mol. The zero-order valence-electron chi connectivity index (χ0n) is 20.3. The molecule has 3 heterocycles. The molecule has 5 rings (SSSR count). The first-order valence-corrected chi connectivity index (χ1v) is 11.8. The standard InChI is InChI=1S/C28H27NO7/c1-4-34-22-10-7-17(14-23(22)33-3)25-24(27(31)28(32)29(25)15-20-6-5-11-35-20)26(30)18-8-9-21-19(13-18)12-16(2)36-21/h5-11,13-14,16,25,30H,4,12,15H2,1-3H3/b26-24+. The highest BCUT2D eigenvalue weighted by Crippen LogP contribution is 2.43. The molecule has 0 bridgehead atoms. The lowest BCUT2D eigenvalue weighted by molar-refractivity contribution is -0.140. The molecule has 1 aromatic heterocycles. The summed E-state index contributed by atoms with van der Waals surface area (Å²) >= 11 is 0. The number of furan rings is 1. The molecule has 2 atom stereocenters. The lowest BCUT2D eigenvalue weighted by atomic mass is 9.94. The second-order valence-electron chi connectivity index (χ2n) is 8.80. The molecular formula is C28H27NO7. The second kappa shape index (κ2) is 9.45. The lowest BCUT2D eigenvalue weighted by Gasteiger charge is -2.25. The molecule has 0 aliphatic carbocycles. The Balaban J connectivity index is 1.64. The van der Waals surface area contributed by atoms with Crippen LogP contribution in [0.2, 0.25) is 0 Å². The number of rotatable bonds is 7. The number of aliphatic hydroxyl groups is 1. The van der Waals surface area contributed by atoms with Crippen molar-refractivity contribution >= 4 is 17.4 Å². The molecule has 3 aromatic rings. The maximum atomic E-state index is 13.3. The van der Waals surface area contributed by atoms with Gasteiger partial charge in [0.25, 0.3) is 11.7 Å². The number of carbonyl (C=O) groups excluding carboxylic acids is 2. The fraction of sp³-hybridized carbons (Fsp3) is 0.286. The highest BCUT2D eigenvalue weighted by atomic mass is 16.5. The minimum Gasteiger partial charge on any atom is -0.507 e. The Hall–Kier alpha value is -4.20. The van der Waals surface area contributed by atoms with Crippen LogP contribution in [0.1, 0.15) is 42.3 Å². The molecule has 0 saturated carbocycles. The predicted molar refractivity (Wildman–Crippen MR) is 131 cm³/mol. The van der Waals surface area contributed by atoms with Crippen LogP contribution in [-0.2, 0) is 22.6 Å². The van der Waals surface area contributed by atoms with Gasteiger partial charge in [-0.2, -0.15) is 0 Å². The summed E-state index contributed by atoms with van der Waals surface area (Å²) in [7, 11) is 1.52. The molecule has 2 aliphatic heterocycles. The molecule has 186 valence electrons. The third kappa shape index (κ3) is 4.08. The van der Waals surface area contributed by atoms with E-state index in [2.05, 4.69) is 0 Å². The Morgan fingerprint density at radius 2 is 1.97 bits per heavy atom. The van der Waals surface area contributed by atoms with Crippen molar-refractivity contribution < 1.29 is 33.3 Å². The molecule has 2 aromatic carbocycles. The van der Waals surface area contributed by atoms with Crippen LogP contribution in [0.3, 0.4) is 0 Å². The molecule has 0 spiro atoms. The van der Waals surface area contributed by atoms with Crippen LogP contribution in [0.25, 0.3) is 5.76 Å². The number of hydrogen-bond acceptors (Lipinski definition) is 7. The number of ether oxygens (including phenoxy) is 3. The van der Waals surface area contributed by atoms with Crippen molar-refractivity contribution in [3.63, 3.8) is 0 Å². The van der Waals surface area contributed by atoms with E-state index in [-0.39, 0.29) is 24.0 Å². The maximum Gasteiger partial charge on any atom is 0.296 e. The summed E-state index contributed by atoms with van der Waals surface area (Å²) in [6, 6.07) is 13.1. The number of carbonyl (C=O) groups is 2. The number of amides is 1. The van der Waals surface area contributed by atoms with Crippen LogP contribution in [0.4, 0.5) is 0 Å². The molecule has 8 nitrogen and oxygen atoms in total. The van der Waals surface area contributed by atoms with Gasteiger partial charge in [-0.1, -0.05) is 6.07 Å². The van der Waals surface area contributed by atoms with E-state index in [4.69, 9.17) is 18.6 Å². The summed E-state index contributed by atoms with van der Waals surface area (Å²) in [5.41, 5.74) is 1.99. The van der Waals surface area contributed by atoms with E-state index in [1.165, 1.54) is 18.3 Å². The lowest BCUT2D eigenvalue weighted by Crippen LogP contribution is -2.29. The van der Waals surface area contributed by atoms with E-state index in [0.717, 1.165) is 11.3 Å². The van der Waals surface area contributed by atoms with Gasteiger partial charge in [0.2, 0.25) is 0 Å². The molecule has 1 N–H and O–H groups in total. The Morgan fingerprint density at radius 3 is 2.69 bits per heavy atom. The molecule has 2 unspecified atom stereocenters. The van der Waals surface area contributed by atoms with Crippen LogP contribution in [0.5, 0.6) is 17.2 Å². The summed E-state index contributed by atoms with van der Waals surface area (Å²) in [6.45, 7) is 4.35. The fourth-order valence-electron chi connectivity index (χ4n) is 4.81. The van der Waals surface area contributed by atoms with Crippen LogP contribution in [0.15, 0.2) is 64.8 Å². The van der Waals surface area contributed by atoms with Crippen molar-refractivity contribution in [3.05, 3.63) is 82.8 Å². The van der Waals surface area contributed by atoms with Crippen molar-refractivity contribution in [3.8, 4) is 17.2 Å². The molecule has 36 heavy (non-hydrogen) atoms. The number of hydrogen-bond donors (Lipinski definition) is 1. The minimum atomic E-state index is -0.858. The Bertz CT molecular complexity index is 1340. The van der Waals surface area contributed by atoms with Crippen molar-refractivity contribution in [1.82, 2.24) is 4.90 Å². The van der Waals surface area contributed by atoms with Gasteiger partial charge in [0.1, 0.15) is 23.4 Å². The van der Waals surface area contributed by atoms with Gasteiger partial charge in [-0.15, -0.1) is 0 Å². The summed E-state index contributed by atoms with van der Waals surface area (Å²) in [4.78, 5) is 28.0. The minimum absolute atomic E-state index is 0.00434. The van der Waals surface area contributed by atoms with E-state index in [9.17, 15) is 14.7 Å². The van der Waals surface area contributed by atoms with E-state index < -0.39 is 17.7 Å². The summed E-state index contributed by atoms with van der Waals surface area (Å²) in [6.07, 6.45) is 2.24. The number of likely N-dealkylation sites (tertiary alicyclic amines) is 1. The Kier molecular flexibility index (Phi) is 6.18. The van der Waals surface area contributed by atoms with Gasteiger partial charge in [-0.05, 0) is 67.4 Å². The highest BCUT2D eigenvalue weighted by Gasteiger charge is 2.46. The Labute approximate surface area is 208 Å². The quantitative estimate of drug-likeness (QED) is 0.293. The highest BCUT2D eigenvalue weighted by molar-refractivity contribution is 6.46. The van der Waals surface area contributed by atoms with Gasteiger partial charge in [-0.25, -0.2) is 0 Å². The zero-order valence-corrected chi connectivity index (χ0v) is 20.3. The first-order chi connectivity index (χ1) is 17.4. The maximum absolute atomic E-state index is 13.3. The summed E-state index contributed by atoms with van der Waals surface area (Å²) < 4.78 is 22.4. The van der Waals surface area contributed by atoms with E-state index in [0.29, 0.717) is 41.4 Å². The van der Waals surface area contributed by atoms with Crippen molar-refractivity contribution in [2.75, 3.05) is 13.7 Å². The van der Waals surface area contributed by atoms with Gasteiger partial charge in [0, 0.05) is 12.0 Å². The van der Waals surface area contributed by atoms with Crippen molar-refractivity contribution in [1.29, 1.82) is 0 Å². The van der Waals surface area contributed by atoms with Crippen LogP contribution in [-0.4, -0.2) is 41.5 Å². The topological polar surface area (TPSA) is 98.4 Å². The number of fused-ring (bicyclic) bond motifs is 1. The number of aliphatic hydroxyl groups excluding tert-OH is 1. The number of nitrogens with zero attached hydrogens (tertiary/aromatic N) is 1. The van der Waals surface area contributed by atoms with Gasteiger partial charge in [-0.3, -0.25) is 9.59 Å². The molecular weight excluding hydrogens is 462 g/mol. The SMILES string of the molecule is CCOc1ccc(C2/C(=C(\O)c3ccc4c(c3)CC(C)O4)C(=O)C(=O)N2Cc2ccco2)cc1OC. The Morgan fingerprint density at radius 1 is 1.14 bits per heavy atom. The summed E-state index contributed by atoms with van der Waals surface area (Å²) in [5.74, 6) is 0.552. The summed E-state index contributed by atoms with van der Waals surface area (Å²) in [5, 5.41) is 11.4.